The molecule has 6 rings (SSSR count). The molecular formula is C23H19FN6O. The second kappa shape index (κ2) is 5.94. The summed E-state index contributed by atoms with van der Waals surface area (Å²) in [6, 6.07) is 10.3. The van der Waals surface area contributed by atoms with Crippen molar-refractivity contribution in [3.05, 3.63) is 65.7 Å². The quantitative estimate of drug-likeness (QED) is 0.553. The van der Waals surface area contributed by atoms with E-state index in [-0.39, 0.29) is 23.7 Å². The van der Waals surface area contributed by atoms with Crippen molar-refractivity contribution in [2.75, 3.05) is 5.32 Å². The van der Waals surface area contributed by atoms with Crippen molar-refractivity contribution in [2.45, 2.75) is 32.2 Å². The highest BCUT2D eigenvalue weighted by Crippen LogP contribution is 2.67. The van der Waals surface area contributed by atoms with Crippen molar-refractivity contribution < 1.29 is 9.18 Å². The zero-order valence-electron chi connectivity index (χ0n) is 17.1. The molecule has 1 N–H and O–H groups in total. The van der Waals surface area contributed by atoms with Crippen LogP contribution in [0.3, 0.4) is 0 Å². The lowest BCUT2D eigenvalue weighted by Crippen LogP contribution is -2.24. The van der Waals surface area contributed by atoms with Gasteiger partial charge in [-0.3, -0.25) is 4.79 Å². The molecule has 8 heteroatoms. The van der Waals surface area contributed by atoms with Crippen molar-refractivity contribution in [3.63, 3.8) is 0 Å². The molecule has 154 valence electrons. The lowest BCUT2D eigenvalue weighted by Gasteiger charge is -2.10. The van der Waals surface area contributed by atoms with Crippen molar-refractivity contribution >= 4 is 22.8 Å². The van der Waals surface area contributed by atoms with Crippen LogP contribution < -0.4 is 5.32 Å². The van der Waals surface area contributed by atoms with E-state index in [0.717, 1.165) is 17.4 Å². The minimum absolute atomic E-state index is 0.0180. The highest BCUT2D eigenvalue weighted by molar-refractivity contribution is 6.08. The first-order valence-electron chi connectivity index (χ1n) is 10.1. The highest BCUT2D eigenvalue weighted by atomic mass is 19.1. The van der Waals surface area contributed by atoms with Gasteiger partial charge < -0.3 is 5.32 Å². The van der Waals surface area contributed by atoms with E-state index in [1.54, 1.807) is 35.3 Å². The number of hydrogen-bond donors (Lipinski definition) is 1. The van der Waals surface area contributed by atoms with Gasteiger partial charge in [0.25, 0.3) is 0 Å². The zero-order chi connectivity index (χ0) is 21.4. The van der Waals surface area contributed by atoms with Gasteiger partial charge in [0, 0.05) is 23.5 Å². The van der Waals surface area contributed by atoms with E-state index in [9.17, 15) is 9.18 Å². The van der Waals surface area contributed by atoms with Gasteiger partial charge in [0.15, 0.2) is 11.5 Å². The van der Waals surface area contributed by atoms with Crippen LogP contribution in [-0.2, 0) is 16.8 Å². The maximum absolute atomic E-state index is 14.2. The van der Waals surface area contributed by atoms with Crippen LogP contribution in [0.4, 0.5) is 10.2 Å². The van der Waals surface area contributed by atoms with Crippen LogP contribution in [-0.4, -0.2) is 30.6 Å². The number of amides is 1. The van der Waals surface area contributed by atoms with Gasteiger partial charge in [0.1, 0.15) is 17.3 Å². The Hall–Kier alpha value is -3.68. The second-order valence-electron chi connectivity index (χ2n) is 8.85. The predicted molar refractivity (Wildman–Crippen MR) is 113 cm³/mol. The lowest BCUT2D eigenvalue weighted by atomic mass is 9.91. The first kappa shape index (κ1) is 18.1. The van der Waals surface area contributed by atoms with Crippen LogP contribution in [0.5, 0.6) is 0 Å². The molecule has 1 aromatic carbocycles. The Kier molecular flexibility index (Phi) is 3.47. The smallest absolute Gasteiger partial charge is 0.236 e. The molecule has 1 unspecified atom stereocenters. The Bertz CT molecular complexity index is 1390. The summed E-state index contributed by atoms with van der Waals surface area (Å²) >= 11 is 0. The number of anilines is 1. The van der Waals surface area contributed by atoms with E-state index in [1.165, 1.54) is 6.07 Å². The topological polar surface area (TPSA) is 85.6 Å². The van der Waals surface area contributed by atoms with Gasteiger partial charge >= 0.3 is 0 Å². The van der Waals surface area contributed by atoms with Crippen molar-refractivity contribution in [1.29, 1.82) is 0 Å². The molecule has 3 aromatic heterocycles. The number of fused-ring (bicyclic) bond motifs is 3. The van der Waals surface area contributed by atoms with Crippen molar-refractivity contribution in [1.82, 2.24) is 24.7 Å². The van der Waals surface area contributed by atoms with E-state index in [4.69, 9.17) is 0 Å². The number of nitrogens with zero attached hydrogens (tertiary/aromatic N) is 5. The van der Waals surface area contributed by atoms with E-state index in [2.05, 4.69) is 39.2 Å². The van der Waals surface area contributed by atoms with Gasteiger partial charge in [-0.15, -0.1) is 0 Å². The Morgan fingerprint density at radius 2 is 1.97 bits per heavy atom. The molecule has 1 amide bonds. The van der Waals surface area contributed by atoms with Crippen LogP contribution in [0.2, 0.25) is 0 Å². The molecule has 1 spiro atoms. The standard InChI is InChI=1S/C23H19FN6O/c1-22(2)12-23(22)15-10-26-19(27-18(15)28-21(23)31)17-14-7-5-9-25-20(14)30(29-17)11-13-6-3-4-8-16(13)24/h3-10H,11-12H2,1-2H3,(H,26,27,28,31). The van der Waals surface area contributed by atoms with Gasteiger partial charge in [-0.1, -0.05) is 32.0 Å². The van der Waals surface area contributed by atoms with E-state index in [0.29, 0.717) is 28.5 Å². The summed E-state index contributed by atoms with van der Waals surface area (Å²) in [6.45, 7) is 4.40. The Labute approximate surface area is 177 Å². The average molecular weight is 414 g/mol. The minimum atomic E-state index is -0.533. The fourth-order valence-corrected chi connectivity index (χ4v) is 4.78. The molecule has 1 atom stereocenters. The summed E-state index contributed by atoms with van der Waals surface area (Å²) in [5.41, 5.74) is 1.89. The van der Waals surface area contributed by atoms with Crippen LogP contribution in [0, 0.1) is 11.2 Å². The van der Waals surface area contributed by atoms with Gasteiger partial charge in [0.05, 0.1) is 17.3 Å². The lowest BCUT2D eigenvalue weighted by molar-refractivity contribution is -0.118. The summed E-state index contributed by atoms with van der Waals surface area (Å²) in [5, 5.41) is 8.37. The largest absolute Gasteiger partial charge is 0.310 e. The Morgan fingerprint density at radius 1 is 1.16 bits per heavy atom. The summed E-state index contributed by atoms with van der Waals surface area (Å²) < 4.78 is 15.9. The monoisotopic (exact) mass is 414 g/mol. The molecule has 31 heavy (non-hydrogen) atoms. The third-order valence-electron chi connectivity index (χ3n) is 6.60. The van der Waals surface area contributed by atoms with Crippen LogP contribution in [0.15, 0.2) is 48.8 Å². The molecule has 2 aliphatic rings. The molecule has 7 nitrogen and oxygen atoms in total. The number of pyridine rings is 1. The number of rotatable bonds is 3. The van der Waals surface area contributed by atoms with Crippen LogP contribution >= 0.6 is 0 Å². The van der Waals surface area contributed by atoms with Gasteiger partial charge in [-0.25, -0.2) is 24.0 Å². The number of hydrogen-bond acceptors (Lipinski definition) is 5. The first-order chi connectivity index (χ1) is 14.9. The molecule has 1 aliphatic carbocycles. The van der Waals surface area contributed by atoms with E-state index in [1.807, 2.05) is 12.1 Å². The third kappa shape index (κ3) is 2.41. The molecule has 0 radical (unpaired) electrons. The molecule has 0 saturated heterocycles. The van der Waals surface area contributed by atoms with E-state index < -0.39 is 5.41 Å². The SMILES string of the molecule is CC1(C)CC12C(=O)Nc1nc(-c3nn(Cc4ccccc4F)c4ncccc34)ncc12. The fourth-order valence-electron chi connectivity index (χ4n) is 4.78. The molecule has 4 aromatic rings. The minimum Gasteiger partial charge on any atom is -0.310 e. The number of carbonyl (C=O) groups is 1. The molecule has 1 saturated carbocycles. The maximum Gasteiger partial charge on any atom is 0.236 e. The zero-order valence-corrected chi connectivity index (χ0v) is 17.1. The summed E-state index contributed by atoms with van der Waals surface area (Å²) in [4.78, 5) is 26.3. The van der Waals surface area contributed by atoms with Gasteiger partial charge in [0.2, 0.25) is 5.91 Å². The van der Waals surface area contributed by atoms with Crippen molar-refractivity contribution in [2.24, 2.45) is 5.41 Å². The third-order valence-corrected chi connectivity index (χ3v) is 6.60. The molecule has 1 aliphatic heterocycles. The summed E-state index contributed by atoms with van der Waals surface area (Å²) in [6.07, 6.45) is 4.20. The molecule has 1 fully saturated rings. The normalized spacial score (nSPS) is 20.8. The molecule has 0 bridgehead atoms. The Morgan fingerprint density at radius 3 is 2.74 bits per heavy atom. The van der Waals surface area contributed by atoms with Crippen molar-refractivity contribution in [3.8, 4) is 11.5 Å². The van der Waals surface area contributed by atoms with Crippen LogP contribution in [0.25, 0.3) is 22.6 Å². The number of nitrogens with one attached hydrogen (secondary N) is 1. The number of halogens is 1. The molecule has 4 heterocycles. The molecular weight excluding hydrogens is 395 g/mol. The predicted octanol–water partition coefficient (Wildman–Crippen LogP) is 3.70. The number of benzene rings is 1. The number of carbonyl (C=O) groups excluding carboxylic acids is 1. The van der Waals surface area contributed by atoms with Crippen LogP contribution in [0.1, 0.15) is 31.4 Å². The summed E-state index contributed by atoms with van der Waals surface area (Å²) in [5.74, 6) is 0.633. The van der Waals surface area contributed by atoms with Gasteiger partial charge in [-0.2, -0.15) is 5.10 Å². The second-order valence-corrected chi connectivity index (χ2v) is 8.85. The first-order valence-corrected chi connectivity index (χ1v) is 10.1. The summed E-state index contributed by atoms with van der Waals surface area (Å²) in [7, 11) is 0. The van der Waals surface area contributed by atoms with E-state index >= 15 is 0 Å². The highest BCUT2D eigenvalue weighted by Gasteiger charge is 2.70. The average Bonchev–Trinajstić information content (AvgIpc) is 3.03. The van der Waals surface area contributed by atoms with Gasteiger partial charge in [-0.05, 0) is 30.0 Å². The fraction of sp³-hybridized carbons (Fsp3) is 0.261. The number of aromatic nitrogens is 5. The Balaban J connectivity index is 1.46. The maximum atomic E-state index is 14.2.